The third-order valence-electron chi connectivity index (χ3n) is 6.87. The smallest absolute Gasteiger partial charge is 0.274 e. The summed E-state index contributed by atoms with van der Waals surface area (Å²) in [5.41, 5.74) is 1.72. The third-order valence-corrected chi connectivity index (χ3v) is 7.78. The number of aromatic nitrogens is 3. The van der Waals surface area contributed by atoms with E-state index in [0.29, 0.717) is 48.0 Å². The van der Waals surface area contributed by atoms with Crippen LogP contribution in [0.15, 0.2) is 29.9 Å². The number of nitrogens with zero attached hydrogens (tertiary/aromatic N) is 4. The molecular weight excluding hydrogens is 453 g/mol. The van der Waals surface area contributed by atoms with Crippen molar-refractivity contribution in [2.75, 3.05) is 18.4 Å². The van der Waals surface area contributed by atoms with Gasteiger partial charge in [0.2, 0.25) is 5.95 Å². The number of halogens is 1. The maximum atomic E-state index is 13.6. The summed E-state index contributed by atoms with van der Waals surface area (Å²) in [4.78, 5) is 40.6. The van der Waals surface area contributed by atoms with E-state index >= 15 is 0 Å². The van der Waals surface area contributed by atoms with Gasteiger partial charge in [-0.2, -0.15) is 0 Å². The van der Waals surface area contributed by atoms with Crippen molar-refractivity contribution in [3.05, 3.63) is 47.0 Å². The van der Waals surface area contributed by atoms with E-state index in [2.05, 4.69) is 20.3 Å². The number of ketones is 1. The van der Waals surface area contributed by atoms with Crippen LogP contribution in [-0.2, 0) is 4.79 Å². The Labute approximate surface area is 201 Å². The summed E-state index contributed by atoms with van der Waals surface area (Å²) in [6.45, 7) is 3.03. The molecule has 0 spiro atoms. The number of fused-ring (bicyclic) bond motifs is 1. The number of anilines is 1. The summed E-state index contributed by atoms with van der Waals surface area (Å²) in [5.74, 6) is 0.583. The molecule has 5 rings (SSSR count). The topological polar surface area (TPSA) is 88.1 Å². The van der Waals surface area contributed by atoms with Gasteiger partial charge in [-0.25, -0.2) is 14.4 Å². The third kappa shape index (κ3) is 4.80. The Morgan fingerprint density at radius 1 is 1.21 bits per heavy atom. The quantitative estimate of drug-likeness (QED) is 0.510. The molecule has 1 saturated carbocycles. The molecule has 0 radical (unpaired) electrons. The zero-order chi connectivity index (χ0) is 23.7. The first-order valence-corrected chi connectivity index (χ1v) is 12.8. The number of thiophene rings is 1. The number of carbonyl (C=O) groups excluding carboxylic acids is 2. The van der Waals surface area contributed by atoms with Crippen LogP contribution in [0.3, 0.4) is 0 Å². The molecular formula is C25H28FN5O2S. The number of rotatable bonds is 7. The van der Waals surface area contributed by atoms with E-state index in [1.165, 1.54) is 23.8 Å². The van der Waals surface area contributed by atoms with Gasteiger partial charge in [0.1, 0.15) is 11.6 Å². The summed E-state index contributed by atoms with van der Waals surface area (Å²) in [5, 5.41) is 5.06. The number of likely N-dealkylation sites (tertiary alicyclic amines) is 1. The minimum absolute atomic E-state index is 0.139. The van der Waals surface area contributed by atoms with Crippen LogP contribution >= 0.6 is 11.3 Å². The van der Waals surface area contributed by atoms with Gasteiger partial charge in [-0.3, -0.25) is 14.6 Å². The van der Waals surface area contributed by atoms with Crippen molar-refractivity contribution in [1.29, 1.82) is 0 Å². The highest BCUT2D eigenvalue weighted by Crippen LogP contribution is 2.31. The lowest BCUT2D eigenvalue weighted by Crippen LogP contribution is -2.51. The van der Waals surface area contributed by atoms with Crippen LogP contribution in [0.25, 0.3) is 10.2 Å². The summed E-state index contributed by atoms with van der Waals surface area (Å²) in [6.07, 6.45) is 8.90. The Hall–Kier alpha value is -2.94. The number of carbonyl (C=O) groups is 2. The van der Waals surface area contributed by atoms with Crippen molar-refractivity contribution < 1.29 is 14.0 Å². The molecule has 0 unspecified atom stereocenters. The highest BCUT2D eigenvalue weighted by molar-refractivity contribution is 7.17. The van der Waals surface area contributed by atoms with Crippen molar-refractivity contribution in [1.82, 2.24) is 19.9 Å². The number of Topliss-reactive ketones (excluding diaryl/α,β-unsaturated/α-hetero) is 1. The molecule has 0 bridgehead atoms. The Kier molecular flexibility index (Phi) is 6.54. The molecule has 1 atom stereocenters. The second-order valence-electron chi connectivity index (χ2n) is 9.41. The fourth-order valence-corrected chi connectivity index (χ4v) is 5.72. The van der Waals surface area contributed by atoms with Crippen LogP contribution in [0.2, 0.25) is 0 Å². The van der Waals surface area contributed by atoms with E-state index in [9.17, 15) is 14.0 Å². The van der Waals surface area contributed by atoms with Crippen LogP contribution in [0.5, 0.6) is 0 Å². The Bertz CT molecular complexity index is 1200. The Morgan fingerprint density at radius 3 is 2.76 bits per heavy atom. The van der Waals surface area contributed by atoms with Gasteiger partial charge in [0.25, 0.3) is 5.91 Å². The molecule has 1 saturated heterocycles. The largest absolute Gasteiger partial charge is 0.348 e. The Morgan fingerprint density at radius 2 is 2.00 bits per heavy atom. The molecule has 1 N–H and O–H groups in total. The molecule has 0 aromatic carbocycles. The average molecular weight is 482 g/mol. The van der Waals surface area contributed by atoms with Crippen LogP contribution in [0.4, 0.5) is 10.3 Å². The molecule has 3 aromatic rings. The van der Waals surface area contributed by atoms with E-state index in [1.54, 1.807) is 11.1 Å². The first-order chi connectivity index (χ1) is 16.5. The van der Waals surface area contributed by atoms with Crippen LogP contribution in [0.1, 0.15) is 67.5 Å². The minimum atomic E-state index is -0.412. The highest BCUT2D eigenvalue weighted by atomic mass is 32.1. The first kappa shape index (κ1) is 22.8. The lowest BCUT2D eigenvalue weighted by Gasteiger charge is -2.39. The van der Waals surface area contributed by atoms with E-state index in [1.807, 2.05) is 18.4 Å². The normalized spacial score (nSPS) is 18.0. The molecule has 1 aliphatic heterocycles. The minimum Gasteiger partial charge on any atom is -0.348 e. The maximum absolute atomic E-state index is 13.6. The van der Waals surface area contributed by atoms with Crippen molar-refractivity contribution in [2.45, 2.75) is 51.5 Å². The van der Waals surface area contributed by atoms with Gasteiger partial charge >= 0.3 is 0 Å². The summed E-state index contributed by atoms with van der Waals surface area (Å²) < 4.78 is 14.3. The van der Waals surface area contributed by atoms with Gasteiger partial charge in [-0.05, 0) is 42.8 Å². The first-order valence-electron chi connectivity index (χ1n) is 11.9. The fourth-order valence-electron chi connectivity index (χ4n) is 4.91. The summed E-state index contributed by atoms with van der Waals surface area (Å²) in [7, 11) is 0. The molecule has 7 nitrogen and oxygen atoms in total. The molecule has 1 aliphatic carbocycles. The van der Waals surface area contributed by atoms with Crippen molar-refractivity contribution >= 4 is 39.2 Å². The summed E-state index contributed by atoms with van der Waals surface area (Å²) >= 11 is 1.44. The average Bonchev–Trinajstić information content (AvgIpc) is 3.29. The van der Waals surface area contributed by atoms with E-state index in [4.69, 9.17) is 0 Å². The molecule has 4 heterocycles. The van der Waals surface area contributed by atoms with Gasteiger partial charge in [-0.1, -0.05) is 19.3 Å². The lowest BCUT2D eigenvalue weighted by molar-refractivity contribution is -0.125. The van der Waals surface area contributed by atoms with Crippen LogP contribution in [0, 0.1) is 17.7 Å². The van der Waals surface area contributed by atoms with Gasteiger partial charge in [0.05, 0.1) is 22.5 Å². The van der Waals surface area contributed by atoms with Crippen LogP contribution in [-0.4, -0.2) is 44.6 Å². The fraction of sp³-hybridized carbons (Fsp3) is 0.480. The second-order valence-corrected chi connectivity index (χ2v) is 10.3. The van der Waals surface area contributed by atoms with Gasteiger partial charge in [-0.15, -0.1) is 11.3 Å². The summed E-state index contributed by atoms with van der Waals surface area (Å²) in [6, 6.07) is 2.98. The zero-order valence-electron chi connectivity index (χ0n) is 19.2. The number of pyridine rings is 1. The van der Waals surface area contributed by atoms with E-state index < -0.39 is 5.82 Å². The maximum Gasteiger partial charge on any atom is 0.274 e. The molecule has 2 fully saturated rings. The zero-order valence-corrected chi connectivity index (χ0v) is 20.0. The highest BCUT2D eigenvalue weighted by Gasteiger charge is 2.35. The number of amides is 1. The number of hydrogen-bond acceptors (Lipinski definition) is 7. The Balaban J connectivity index is 1.26. The standard InChI is InChI=1S/C25H28FN5O2S/c1-15(18-10-19(26)12-27-11-18)28-25-29-20-7-8-34-23(20)22(30-25)24(33)31-13-16(14-31)9-21(32)17-5-3-2-4-6-17/h7-8,10-12,15-17H,2-6,9,13-14H2,1H3,(H,28,29,30)/t15-/m0/s1. The SMILES string of the molecule is C[C@H](Nc1nc(C(=O)N2CC(CC(=O)C3CCCCC3)C2)c2sccc2n1)c1cncc(F)c1. The van der Waals surface area contributed by atoms with Crippen molar-refractivity contribution in [2.24, 2.45) is 11.8 Å². The molecule has 3 aromatic heterocycles. The predicted molar refractivity (Wildman–Crippen MR) is 129 cm³/mol. The molecule has 2 aliphatic rings. The van der Waals surface area contributed by atoms with Gasteiger partial charge in [0.15, 0.2) is 5.69 Å². The molecule has 34 heavy (non-hydrogen) atoms. The van der Waals surface area contributed by atoms with Gasteiger partial charge < -0.3 is 10.2 Å². The van der Waals surface area contributed by atoms with Crippen LogP contribution < -0.4 is 5.32 Å². The lowest BCUT2D eigenvalue weighted by atomic mass is 9.81. The predicted octanol–water partition coefficient (Wildman–Crippen LogP) is 5.01. The van der Waals surface area contributed by atoms with E-state index in [-0.39, 0.29) is 23.8 Å². The molecule has 1 amide bonds. The molecule has 9 heteroatoms. The van der Waals surface area contributed by atoms with Crippen molar-refractivity contribution in [3.8, 4) is 0 Å². The number of hydrogen-bond donors (Lipinski definition) is 1. The number of nitrogens with one attached hydrogen (secondary N) is 1. The van der Waals surface area contributed by atoms with Gasteiger partial charge in [0, 0.05) is 37.5 Å². The van der Waals surface area contributed by atoms with E-state index in [0.717, 1.165) is 36.6 Å². The monoisotopic (exact) mass is 481 g/mol. The molecule has 178 valence electrons. The van der Waals surface area contributed by atoms with Crippen molar-refractivity contribution in [3.63, 3.8) is 0 Å². The second kappa shape index (κ2) is 9.74.